The quantitative estimate of drug-likeness (QED) is 0.740. The van der Waals surface area contributed by atoms with Gasteiger partial charge in [-0.15, -0.1) is 0 Å². The molecule has 0 radical (unpaired) electrons. The summed E-state index contributed by atoms with van der Waals surface area (Å²) < 4.78 is 0. The van der Waals surface area contributed by atoms with E-state index < -0.39 is 0 Å². The van der Waals surface area contributed by atoms with Crippen molar-refractivity contribution in [1.82, 2.24) is 15.1 Å². The summed E-state index contributed by atoms with van der Waals surface area (Å²) in [6.45, 7) is 13.0. The maximum atomic E-state index is 3.44. The largest absolute Gasteiger partial charge is 0.316 e. The highest BCUT2D eigenvalue weighted by atomic mass is 15.3. The molecule has 0 spiro atoms. The van der Waals surface area contributed by atoms with Gasteiger partial charge in [0.15, 0.2) is 0 Å². The van der Waals surface area contributed by atoms with Crippen molar-refractivity contribution >= 4 is 0 Å². The third-order valence-electron chi connectivity index (χ3n) is 3.78. The van der Waals surface area contributed by atoms with E-state index in [1.54, 1.807) is 0 Å². The van der Waals surface area contributed by atoms with Crippen LogP contribution in [0.5, 0.6) is 0 Å². The van der Waals surface area contributed by atoms with Gasteiger partial charge in [-0.3, -0.25) is 9.80 Å². The van der Waals surface area contributed by atoms with Gasteiger partial charge < -0.3 is 5.32 Å². The Bertz CT molecular complexity index is 184. The highest BCUT2D eigenvalue weighted by Gasteiger charge is 2.23. The van der Waals surface area contributed by atoms with Crippen molar-refractivity contribution in [1.29, 1.82) is 0 Å². The summed E-state index contributed by atoms with van der Waals surface area (Å²) in [5.41, 5.74) is 0. The fourth-order valence-corrected chi connectivity index (χ4v) is 2.69. The normalized spacial score (nSPS) is 25.9. The van der Waals surface area contributed by atoms with E-state index in [0.29, 0.717) is 6.04 Å². The van der Waals surface area contributed by atoms with Gasteiger partial charge >= 0.3 is 0 Å². The van der Waals surface area contributed by atoms with E-state index in [4.69, 9.17) is 0 Å². The fraction of sp³-hybridized carbons (Fsp3) is 1.00. The summed E-state index contributed by atoms with van der Waals surface area (Å²) in [5.74, 6) is 0. The molecule has 1 rings (SSSR count). The summed E-state index contributed by atoms with van der Waals surface area (Å²) >= 11 is 0. The molecule has 1 heterocycles. The topological polar surface area (TPSA) is 18.5 Å². The van der Waals surface area contributed by atoms with E-state index in [-0.39, 0.29) is 0 Å². The lowest BCUT2D eigenvalue weighted by Gasteiger charge is -2.40. The van der Waals surface area contributed by atoms with Gasteiger partial charge in [0.1, 0.15) is 0 Å². The Hall–Kier alpha value is -0.120. The minimum absolute atomic E-state index is 0.672. The molecular weight excluding hydrogens is 198 g/mol. The van der Waals surface area contributed by atoms with Crippen LogP contribution in [0.2, 0.25) is 0 Å². The predicted octanol–water partition coefficient (Wildman–Crippen LogP) is 1.40. The van der Waals surface area contributed by atoms with Gasteiger partial charge in [-0.05, 0) is 26.9 Å². The molecule has 0 aliphatic carbocycles. The van der Waals surface area contributed by atoms with E-state index in [9.17, 15) is 0 Å². The minimum atomic E-state index is 0.672. The molecule has 1 fully saturated rings. The number of piperazine rings is 1. The zero-order chi connectivity index (χ0) is 12.0. The van der Waals surface area contributed by atoms with Gasteiger partial charge in [0.05, 0.1) is 0 Å². The van der Waals surface area contributed by atoms with Crippen LogP contribution in [0.15, 0.2) is 0 Å². The molecule has 0 aromatic rings. The maximum Gasteiger partial charge on any atom is 0.0195 e. The van der Waals surface area contributed by atoms with Crippen LogP contribution >= 0.6 is 0 Å². The first-order chi connectivity index (χ1) is 7.71. The van der Waals surface area contributed by atoms with Crippen molar-refractivity contribution in [3.63, 3.8) is 0 Å². The average Bonchev–Trinajstić information content (AvgIpc) is 2.28. The standard InChI is InChI=1S/C13H29N3/c1-5-7-13(14-4)11-15-8-9-16(6-2)12(3)10-15/h12-14H,5-11H2,1-4H3. The van der Waals surface area contributed by atoms with Crippen LogP contribution in [-0.4, -0.2) is 61.7 Å². The molecule has 2 atom stereocenters. The van der Waals surface area contributed by atoms with Gasteiger partial charge in [0.2, 0.25) is 0 Å². The second kappa shape index (κ2) is 7.25. The van der Waals surface area contributed by atoms with Gasteiger partial charge in [-0.25, -0.2) is 0 Å². The van der Waals surface area contributed by atoms with Gasteiger partial charge in [0.25, 0.3) is 0 Å². The van der Waals surface area contributed by atoms with E-state index in [2.05, 4.69) is 42.9 Å². The molecule has 0 amide bonds. The molecule has 1 aliphatic heterocycles. The first-order valence-corrected chi connectivity index (χ1v) is 6.84. The predicted molar refractivity (Wildman–Crippen MR) is 70.9 cm³/mol. The Morgan fingerprint density at radius 1 is 1.31 bits per heavy atom. The van der Waals surface area contributed by atoms with Crippen LogP contribution in [0.4, 0.5) is 0 Å². The van der Waals surface area contributed by atoms with Crippen molar-refractivity contribution < 1.29 is 0 Å². The molecule has 1 N–H and O–H groups in total. The third-order valence-corrected chi connectivity index (χ3v) is 3.78. The number of nitrogens with zero attached hydrogens (tertiary/aromatic N) is 2. The SMILES string of the molecule is CCCC(CN1CCN(CC)C(C)C1)NC. The molecule has 3 heteroatoms. The molecule has 1 saturated heterocycles. The molecule has 16 heavy (non-hydrogen) atoms. The molecule has 96 valence electrons. The van der Waals surface area contributed by atoms with Gasteiger partial charge in [-0.1, -0.05) is 20.3 Å². The lowest BCUT2D eigenvalue weighted by molar-refractivity contribution is 0.0811. The second-order valence-corrected chi connectivity index (χ2v) is 5.01. The van der Waals surface area contributed by atoms with Gasteiger partial charge in [0, 0.05) is 38.3 Å². The van der Waals surface area contributed by atoms with Crippen molar-refractivity contribution in [3.05, 3.63) is 0 Å². The molecule has 0 aromatic carbocycles. The molecule has 0 saturated carbocycles. The second-order valence-electron chi connectivity index (χ2n) is 5.01. The number of hydrogen-bond acceptors (Lipinski definition) is 3. The van der Waals surface area contributed by atoms with Gasteiger partial charge in [-0.2, -0.15) is 0 Å². The summed E-state index contributed by atoms with van der Waals surface area (Å²) in [6, 6.07) is 1.39. The zero-order valence-corrected chi connectivity index (χ0v) is 11.5. The summed E-state index contributed by atoms with van der Waals surface area (Å²) in [5, 5.41) is 3.44. The van der Waals surface area contributed by atoms with Crippen LogP contribution in [-0.2, 0) is 0 Å². The lowest BCUT2D eigenvalue weighted by Crippen LogP contribution is -2.54. The maximum absolute atomic E-state index is 3.44. The minimum Gasteiger partial charge on any atom is -0.316 e. The molecule has 2 unspecified atom stereocenters. The monoisotopic (exact) mass is 227 g/mol. The Kier molecular flexibility index (Phi) is 6.32. The number of hydrogen-bond donors (Lipinski definition) is 1. The first-order valence-electron chi connectivity index (χ1n) is 6.84. The smallest absolute Gasteiger partial charge is 0.0195 e. The Balaban J connectivity index is 2.33. The van der Waals surface area contributed by atoms with E-state index >= 15 is 0 Å². The van der Waals surface area contributed by atoms with Crippen molar-refractivity contribution in [2.45, 2.75) is 45.7 Å². The van der Waals surface area contributed by atoms with E-state index in [1.165, 1.54) is 45.6 Å². The Morgan fingerprint density at radius 3 is 2.56 bits per heavy atom. The Labute approximate surface area is 101 Å². The van der Waals surface area contributed by atoms with Crippen LogP contribution < -0.4 is 5.32 Å². The molecule has 0 bridgehead atoms. The number of likely N-dealkylation sites (N-methyl/N-ethyl adjacent to an activating group) is 2. The van der Waals surface area contributed by atoms with Crippen molar-refractivity contribution in [2.24, 2.45) is 0 Å². The van der Waals surface area contributed by atoms with Crippen LogP contribution in [0.1, 0.15) is 33.6 Å². The zero-order valence-electron chi connectivity index (χ0n) is 11.5. The number of rotatable bonds is 6. The number of nitrogens with one attached hydrogen (secondary N) is 1. The Morgan fingerprint density at radius 2 is 2.06 bits per heavy atom. The van der Waals surface area contributed by atoms with E-state index in [1.807, 2.05) is 0 Å². The summed E-state index contributed by atoms with van der Waals surface area (Å²) in [4.78, 5) is 5.19. The van der Waals surface area contributed by atoms with Crippen LogP contribution in [0, 0.1) is 0 Å². The first kappa shape index (κ1) is 13.9. The molecule has 3 nitrogen and oxygen atoms in total. The van der Waals surface area contributed by atoms with Crippen molar-refractivity contribution in [2.75, 3.05) is 39.8 Å². The highest BCUT2D eigenvalue weighted by Crippen LogP contribution is 2.10. The summed E-state index contributed by atoms with van der Waals surface area (Å²) in [7, 11) is 2.09. The van der Waals surface area contributed by atoms with E-state index in [0.717, 1.165) is 6.04 Å². The molecular formula is C13H29N3. The van der Waals surface area contributed by atoms with Crippen LogP contribution in [0.25, 0.3) is 0 Å². The fourth-order valence-electron chi connectivity index (χ4n) is 2.69. The van der Waals surface area contributed by atoms with Crippen molar-refractivity contribution in [3.8, 4) is 0 Å². The lowest BCUT2D eigenvalue weighted by atomic mass is 10.1. The van der Waals surface area contributed by atoms with Crippen LogP contribution in [0.3, 0.4) is 0 Å². The average molecular weight is 227 g/mol. The summed E-state index contributed by atoms with van der Waals surface area (Å²) in [6.07, 6.45) is 2.56. The highest BCUT2D eigenvalue weighted by molar-refractivity contribution is 4.81. The molecule has 1 aliphatic rings. The molecule has 0 aromatic heterocycles. The third kappa shape index (κ3) is 4.04.